The number of hydrogen-bond donors (Lipinski definition) is 2. The number of anilines is 3. The topological polar surface area (TPSA) is 78.9 Å². The predicted octanol–water partition coefficient (Wildman–Crippen LogP) is 5.03. The summed E-state index contributed by atoms with van der Waals surface area (Å²) >= 11 is 12.3. The molecule has 2 N–H and O–H groups in total. The Morgan fingerprint density at radius 1 is 0.839 bits per heavy atom. The van der Waals surface area contributed by atoms with Crippen molar-refractivity contribution < 1.29 is 26.3 Å². The van der Waals surface area contributed by atoms with Crippen molar-refractivity contribution in [2.45, 2.75) is 38.3 Å². The summed E-state index contributed by atoms with van der Waals surface area (Å²) in [5.74, 6) is -1.56. The maximum Gasteiger partial charge on any atom is 0.408 e. The van der Waals surface area contributed by atoms with E-state index in [4.69, 9.17) is 23.2 Å². The summed E-state index contributed by atoms with van der Waals surface area (Å²) in [4.78, 5) is 16.9. The third-order valence-electron chi connectivity index (χ3n) is 3.89. The van der Waals surface area contributed by atoms with E-state index in [2.05, 4.69) is 19.9 Å². The minimum atomic E-state index is -4.65. The van der Waals surface area contributed by atoms with Crippen molar-refractivity contribution in [1.29, 1.82) is 0 Å². The zero-order chi connectivity index (χ0) is 23.7. The Balaban J connectivity index is 2.55. The van der Waals surface area contributed by atoms with Gasteiger partial charge in [-0.15, -0.1) is 0 Å². The van der Waals surface area contributed by atoms with E-state index in [-0.39, 0.29) is 21.7 Å². The zero-order valence-corrected chi connectivity index (χ0v) is 18.0. The predicted molar refractivity (Wildman–Crippen MR) is 106 cm³/mol. The lowest BCUT2D eigenvalue weighted by atomic mass is 10.3. The number of rotatable bonds is 6. The Bertz CT molecular complexity index is 872. The lowest BCUT2D eigenvalue weighted by Gasteiger charge is -2.20. The fourth-order valence-electron chi connectivity index (χ4n) is 2.16. The highest BCUT2D eigenvalue weighted by molar-refractivity contribution is 6.38. The van der Waals surface area contributed by atoms with Gasteiger partial charge in [-0.1, -0.05) is 23.2 Å². The number of nitrogens with zero attached hydrogens (tertiary/aromatic N) is 5. The molecule has 2 rings (SSSR count). The van der Waals surface area contributed by atoms with E-state index >= 15 is 0 Å². The van der Waals surface area contributed by atoms with Gasteiger partial charge in [0.25, 0.3) is 0 Å². The first kappa shape index (κ1) is 25.0. The van der Waals surface area contributed by atoms with Gasteiger partial charge in [0.2, 0.25) is 11.9 Å². The molecule has 15 heteroatoms. The van der Waals surface area contributed by atoms with Crippen LogP contribution in [-0.2, 0) is 0 Å². The van der Waals surface area contributed by atoms with E-state index in [0.717, 1.165) is 13.8 Å². The molecule has 0 saturated carbocycles. The van der Waals surface area contributed by atoms with Crippen LogP contribution in [0.5, 0.6) is 0 Å². The lowest BCUT2D eigenvalue weighted by Crippen LogP contribution is -2.35. The van der Waals surface area contributed by atoms with Crippen LogP contribution in [0.4, 0.5) is 43.9 Å². The van der Waals surface area contributed by atoms with Crippen molar-refractivity contribution in [3.8, 4) is 11.5 Å². The summed E-state index contributed by atoms with van der Waals surface area (Å²) in [7, 11) is 3.30. The third kappa shape index (κ3) is 6.35. The van der Waals surface area contributed by atoms with Crippen molar-refractivity contribution >= 4 is 40.8 Å². The molecule has 31 heavy (non-hydrogen) atoms. The van der Waals surface area contributed by atoms with Crippen LogP contribution in [0, 0.1) is 0 Å². The highest BCUT2D eigenvalue weighted by Crippen LogP contribution is 2.34. The minimum absolute atomic E-state index is 0.0655. The second kappa shape index (κ2) is 9.07. The molecular formula is C16H17Cl2F6N7. The first-order valence-corrected chi connectivity index (χ1v) is 9.31. The second-order valence-corrected chi connectivity index (χ2v) is 7.41. The molecule has 0 aliphatic heterocycles. The van der Waals surface area contributed by atoms with E-state index in [1.165, 1.54) is 6.07 Å². The van der Waals surface area contributed by atoms with Crippen LogP contribution < -0.4 is 15.5 Å². The van der Waals surface area contributed by atoms with Crippen molar-refractivity contribution in [2.24, 2.45) is 0 Å². The molecule has 0 amide bonds. The monoisotopic (exact) mass is 491 g/mol. The van der Waals surface area contributed by atoms with Gasteiger partial charge in [-0.25, -0.2) is 4.98 Å². The van der Waals surface area contributed by atoms with Gasteiger partial charge in [0.05, 0.1) is 10.7 Å². The molecule has 7 nitrogen and oxygen atoms in total. The Morgan fingerprint density at radius 2 is 1.29 bits per heavy atom. The molecule has 0 aromatic carbocycles. The quantitative estimate of drug-likeness (QED) is 0.433. The highest BCUT2D eigenvalue weighted by atomic mass is 35.5. The Labute approximate surface area is 183 Å². The normalized spacial score (nSPS) is 14.2. The smallest absolute Gasteiger partial charge is 0.374 e. The molecule has 172 valence electrons. The van der Waals surface area contributed by atoms with E-state index in [1.807, 2.05) is 10.6 Å². The van der Waals surface area contributed by atoms with Gasteiger partial charge in [0.1, 0.15) is 17.8 Å². The first-order valence-electron chi connectivity index (χ1n) is 8.56. The maximum atomic E-state index is 12.9. The second-order valence-electron chi connectivity index (χ2n) is 6.64. The molecule has 0 aliphatic rings. The number of hydrogen-bond acceptors (Lipinski definition) is 7. The molecule has 0 saturated heterocycles. The van der Waals surface area contributed by atoms with Crippen LogP contribution >= 0.6 is 23.2 Å². The van der Waals surface area contributed by atoms with Crippen molar-refractivity contribution in [1.82, 2.24) is 19.9 Å². The van der Waals surface area contributed by atoms with Gasteiger partial charge in [-0.3, -0.25) is 0 Å². The van der Waals surface area contributed by atoms with Gasteiger partial charge in [0.15, 0.2) is 11.0 Å². The largest absolute Gasteiger partial charge is 0.408 e. The molecule has 2 aromatic heterocycles. The zero-order valence-electron chi connectivity index (χ0n) is 16.5. The van der Waals surface area contributed by atoms with Crippen LogP contribution in [0.2, 0.25) is 10.2 Å². The number of alkyl halides is 6. The van der Waals surface area contributed by atoms with Gasteiger partial charge in [-0.2, -0.15) is 41.3 Å². The van der Waals surface area contributed by atoms with E-state index in [0.29, 0.717) is 5.69 Å². The van der Waals surface area contributed by atoms with E-state index < -0.39 is 36.3 Å². The van der Waals surface area contributed by atoms with E-state index in [1.54, 1.807) is 19.0 Å². The number of pyridine rings is 1. The summed E-state index contributed by atoms with van der Waals surface area (Å²) in [6.07, 6.45) is -9.31. The summed E-state index contributed by atoms with van der Waals surface area (Å²) in [6, 6.07) is -2.90. The van der Waals surface area contributed by atoms with Crippen LogP contribution in [0.1, 0.15) is 13.8 Å². The fourth-order valence-corrected chi connectivity index (χ4v) is 2.93. The third-order valence-corrected chi connectivity index (χ3v) is 4.44. The van der Waals surface area contributed by atoms with E-state index in [9.17, 15) is 26.3 Å². The molecule has 0 fully saturated rings. The molecule has 0 aliphatic carbocycles. The number of halogens is 8. The molecule has 0 spiro atoms. The Hall–Kier alpha value is -2.28. The van der Waals surface area contributed by atoms with Crippen molar-refractivity contribution in [3.63, 3.8) is 0 Å². The van der Waals surface area contributed by atoms with Crippen LogP contribution in [-0.4, -0.2) is 58.5 Å². The standard InChI is InChI=1S/C16H17Cl2F6N7/c1-6(15(19,20)21)25-13-28-12(29-14(30-13)26-7(2)16(22,23)24)9-5-8(17)10(31(3)4)11(18)27-9/h5-7H,1-4H3,(H2,25,26,28,29,30). The highest BCUT2D eigenvalue weighted by Gasteiger charge is 2.38. The van der Waals surface area contributed by atoms with Crippen molar-refractivity contribution in [3.05, 3.63) is 16.2 Å². The summed E-state index contributed by atoms with van der Waals surface area (Å²) < 4.78 is 77.4. The molecule has 2 heterocycles. The Morgan fingerprint density at radius 3 is 1.65 bits per heavy atom. The molecule has 0 bridgehead atoms. The Kier molecular flexibility index (Phi) is 7.31. The molecular weight excluding hydrogens is 475 g/mol. The summed E-state index contributed by atoms with van der Waals surface area (Å²) in [5.41, 5.74) is 0.280. The summed E-state index contributed by atoms with van der Waals surface area (Å²) in [6.45, 7) is 1.60. The fraction of sp³-hybridized carbons (Fsp3) is 0.500. The maximum absolute atomic E-state index is 12.9. The number of nitrogens with one attached hydrogen (secondary N) is 2. The van der Waals surface area contributed by atoms with Gasteiger partial charge >= 0.3 is 12.4 Å². The number of aromatic nitrogens is 4. The van der Waals surface area contributed by atoms with Crippen LogP contribution in [0.3, 0.4) is 0 Å². The SMILES string of the molecule is CC(Nc1nc(NC(C)C(F)(F)F)nc(-c2cc(Cl)c(N(C)C)c(Cl)n2)n1)C(F)(F)F. The average molecular weight is 492 g/mol. The molecule has 2 aromatic rings. The van der Waals surface area contributed by atoms with Crippen LogP contribution in [0.25, 0.3) is 11.5 Å². The summed E-state index contributed by atoms with van der Waals surface area (Å²) in [5, 5.41) is 4.04. The first-order chi connectivity index (χ1) is 14.1. The van der Waals surface area contributed by atoms with Gasteiger partial charge in [-0.05, 0) is 19.9 Å². The van der Waals surface area contributed by atoms with Crippen LogP contribution in [0.15, 0.2) is 6.07 Å². The molecule has 0 radical (unpaired) electrons. The van der Waals surface area contributed by atoms with Crippen molar-refractivity contribution in [2.75, 3.05) is 29.6 Å². The van der Waals surface area contributed by atoms with Gasteiger partial charge in [0, 0.05) is 14.1 Å². The minimum Gasteiger partial charge on any atom is -0.374 e. The lowest BCUT2D eigenvalue weighted by molar-refractivity contribution is -0.139. The van der Waals surface area contributed by atoms with Gasteiger partial charge < -0.3 is 15.5 Å². The molecule has 2 atom stereocenters. The average Bonchev–Trinajstić information content (AvgIpc) is 2.58. The molecule has 2 unspecified atom stereocenters.